The molecule has 16 heavy (non-hydrogen) atoms. The van der Waals surface area contributed by atoms with E-state index in [1.54, 1.807) is 19.1 Å². The van der Waals surface area contributed by atoms with E-state index in [1.807, 2.05) is 12.1 Å². The highest BCUT2D eigenvalue weighted by Crippen LogP contribution is 2.10. The van der Waals surface area contributed by atoms with Gasteiger partial charge >= 0.3 is 0 Å². The van der Waals surface area contributed by atoms with Crippen LogP contribution >= 0.6 is 0 Å². The summed E-state index contributed by atoms with van der Waals surface area (Å²) in [6.07, 6.45) is 0.237. The number of aliphatic hydroxyl groups excluding tert-OH is 1. The van der Waals surface area contributed by atoms with Crippen molar-refractivity contribution in [1.29, 1.82) is 0 Å². The van der Waals surface area contributed by atoms with Crippen LogP contribution in [-0.2, 0) is 11.2 Å². The SMILES string of the molecule is CC(O)COC[C@@H](N)Cc1ccc(O)cc1. The number of ether oxygens (including phenoxy) is 1. The summed E-state index contributed by atoms with van der Waals surface area (Å²) in [5.41, 5.74) is 6.92. The zero-order valence-corrected chi connectivity index (χ0v) is 9.47. The summed E-state index contributed by atoms with van der Waals surface area (Å²) in [5, 5.41) is 18.1. The lowest BCUT2D eigenvalue weighted by Crippen LogP contribution is -2.30. The molecule has 0 amide bonds. The Hall–Kier alpha value is -1.10. The number of rotatable bonds is 6. The van der Waals surface area contributed by atoms with Crippen molar-refractivity contribution >= 4 is 0 Å². The smallest absolute Gasteiger partial charge is 0.115 e. The van der Waals surface area contributed by atoms with Crippen LogP contribution in [0.15, 0.2) is 24.3 Å². The Morgan fingerprint density at radius 3 is 2.44 bits per heavy atom. The average molecular weight is 225 g/mol. The van der Waals surface area contributed by atoms with Gasteiger partial charge in [0.05, 0.1) is 19.3 Å². The molecule has 0 bridgehead atoms. The van der Waals surface area contributed by atoms with Gasteiger partial charge in [0, 0.05) is 6.04 Å². The van der Waals surface area contributed by atoms with Gasteiger partial charge in [-0.05, 0) is 31.0 Å². The van der Waals surface area contributed by atoms with Crippen LogP contribution < -0.4 is 5.73 Å². The molecule has 0 spiro atoms. The molecule has 4 N–H and O–H groups in total. The van der Waals surface area contributed by atoms with E-state index in [0.717, 1.165) is 5.56 Å². The first-order valence-corrected chi connectivity index (χ1v) is 5.37. The second-order valence-corrected chi connectivity index (χ2v) is 4.02. The van der Waals surface area contributed by atoms with E-state index in [-0.39, 0.29) is 11.8 Å². The first-order valence-electron chi connectivity index (χ1n) is 5.37. The second kappa shape index (κ2) is 6.48. The van der Waals surface area contributed by atoms with Crippen LogP contribution in [0.3, 0.4) is 0 Å². The summed E-state index contributed by atoms with van der Waals surface area (Å²) >= 11 is 0. The van der Waals surface area contributed by atoms with Crippen LogP contribution in [0.1, 0.15) is 12.5 Å². The lowest BCUT2D eigenvalue weighted by atomic mass is 10.1. The van der Waals surface area contributed by atoms with Gasteiger partial charge in [-0.25, -0.2) is 0 Å². The molecule has 4 nitrogen and oxygen atoms in total. The normalized spacial score (nSPS) is 14.7. The number of phenolic OH excluding ortho intramolecular Hbond substituents is 1. The third-order valence-corrected chi connectivity index (χ3v) is 2.13. The number of hydrogen-bond acceptors (Lipinski definition) is 4. The van der Waals surface area contributed by atoms with Gasteiger partial charge in [0.15, 0.2) is 0 Å². The standard InChI is InChI=1S/C12H19NO3/c1-9(14)7-16-8-11(13)6-10-2-4-12(15)5-3-10/h2-5,9,11,14-15H,6-8,13H2,1H3/t9?,11-/m0/s1. The van der Waals surface area contributed by atoms with Gasteiger partial charge in [0.1, 0.15) is 5.75 Å². The number of nitrogens with two attached hydrogens (primary N) is 1. The highest BCUT2D eigenvalue weighted by Gasteiger charge is 2.05. The molecule has 0 aliphatic rings. The van der Waals surface area contributed by atoms with Crippen LogP contribution in [0.2, 0.25) is 0 Å². The monoisotopic (exact) mass is 225 g/mol. The van der Waals surface area contributed by atoms with Crippen molar-refractivity contribution in [2.75, 3.05) is 13.2 Å². The van der Waals surface area contributed by atoms with Gasteiger partial charge in [-0.3, -0.25) is 0 Å². The lowest BCUT2D eigenvalue weighted by Gasteiger charge is -2.13. The molecule has 2 atom stereocenters. The average Bonchev–Trinajstić information content (AvgIpc) is 2.21. The number of aliphatic hydroxyl groups is 1. The molecule has 4 heteroatoms. The molecule has 1 unspecified atom stereocenters. The quantitative estimate of drug-likeness (QED) is 0.664. The fourth-order valence-corrected chi connectivity index (χ4v) is 1.38. The van der Waals surface area contributed by atoms with Crippen molar-refractivity contribution in [3.05, 3.63) is 29.8 Å². The Morgan fingerprint density at radius 1 is 1.25 bits per heavy atom. The Labute approximate surface area is 95.7 Å². The minimum absolute atomic E-state index is 0.0942. The zero-order chi connectivity index (χ0) is 12.0. The molecular formula is C12H19NO3. The molecule has 0 fully saturated rings. The summed E-state index contributed by atoms with van der Waals surface area (Å²) in [4.78, 5) is 0. The predicted molar refractivity (Wildman–Crippen MR) is 62.3 cm³/mol. The maximum Gasteiger partial charge on any atom is 0.115 e. The summed E-state index contributed by atoms with van der Waals surface area (Å²) in [6.45, 7) is 2.40. The number of hydrogen-bond donors (Lipinski definition) is 3. The highest BCUT2D eigenvalue weighted by molar-refractivity contribution is 5.26. The van der Waals surface area contributed by atoms with Crippen molar-refractivity contribution in [3.8, 4) is 5.75 Å². The van der Waals surface area contributed by atoms with E-state index in [4.69, 9.17) is 20.7 Å². The molecule has 1 aromatic carbocycles. The molecular weight excluding hydrogens is 206 g/mol. The Kier molecular flexibility index (Phi) is 5.25. The number of aromatic hydroxyl groups is 1. The van der Waals surface area contributed by atoms with E-state index in [9.17, 15) is 0 Å². The molecule has 0 aliphatic heterocycles. The van der Waals surface area contributed by atoms with E-state index >= 15 is 0 Å². The first kappa shape index (κ1) is 13.0. The van der Waals surface area contributed by atoms with E-state index in [2.05, 4.69) is 0 Å². The molecule has 1 rings (SSSR count). The van der Waals surface area contributed by atoms with Gasteiger partial charge < -0.3 is 20.7 Å². The largest absolute Gasteiger partial charge is 0.508 e. The van der Waals surface area contributed by atoms with Crippen molar-refractivity contribution in [2.45, 2.75) is 25.5 Å². The maximum absolute atomic E-state index is 9.11. The minimum atomic E-state index is -0.458. The molecule has 0 radical (unpaired) electrons. The van der Waals surface area contributed by atoms with Crippen LogP contribution in [-0.4, -0.2) is 35.6 Å². The summed E-state index contributed by atoms with van der Waals surface area (Å²) in [6, 6.07) is 6.86. The van der Waals surface area contributed by atoms with E-state index in [1.165, 1.54) is 0 Å². The summed E-state index contributed by atoms with van der Waals surface area (Å²) in [5.74, 6) is 0.252. The topological polar surface area (TPSA) is 75.7 Å². The molecule has 0 heterocycles. The third-order valence-electron chi connectivity index (χ3n) is 2.13. The fourth-order valence-electron chi connectivity index (χ4n) is 1.38. The Bertz CT molecular complexity index is 298. The molecule has 0 saturated carbocycles. The van der Waals surface area contributed by atoms with Crippen molar-refractivity contribution in [3.63, 3.8) is 0 Å². The fraction of sp³-hybridized carbons (Fsp3) is 0.500. The van der Waals surface area contributed by atoms with E-state index in [0.29, 0.717) is 19.6 Å². The van der Waals surface area contributed by atoms with Gasteiger partial charge in [0.25, 0.3) is 0 Å². The maximum atomic E-state index is 9.11. The number of benzene rings is 1. The van der Waals surface area contributed by atoms with Gasteiger partial charge in [-0.1, -0.05) is 12.1 Å². The molecule has 0 aromatic heterocycles. The van der Waals surface area contributed by atoms with E-state index < -0.39 is 6.10 Å². The van der Waals surface area contributed by atoms with Gasteiger partial charge in [-0.15, -0.1) is 0 Å². The first-order chi connectivity index (χ1) is 7.58. The minimum Gasteiger partial charge on any atom is -0.508 e. The molecule has 1 aromatic rings. The summed E-state index contributed by atoms with van der Waals surface area (Å²) < 4.78 is 5.23. The third kappa shape index (κ3) is 5.11. The zero-order valence-electron chi connectivity index (χ0n) is 9.47. The lowest BCUT2D eigenvalue weighted by molar-refractivity contribution is 0.0402. The van der Waals surface area contributed by atoms with Crippen LogP contribution in [0.5, 0.6) is 5.75 Å². The second-order valence-electron chi connectivity index (χ2n) is 4.02. The van der Waals surface area contributed by atoms with Crippen LogP contribution in [0.4, 0.5) is 0 Å². The predicted octanol–water partition coefficient (Wildman–Crippen LogP) is 0.659. The van der Waals surface area contributed by atoms with Crippen LogP contribution in [0, 0.1) is 0 Å². The number of phenols is 1. The molecule has 0 saturated heterocycles. The van der Waals surface area contributed by atoms with Gasteiger partial charge in [0.2, 0.25) is 0 Å². The van der Waals surface area contributed by atoms with Crippen molar-refractivity contribution in [1.82, 2.24) is 0 Å². The molecule has 0 aliphatic carbocycles. The van der Waals surface area contributed by atoms with Crippen molar-refractivity contribution in [2.24, 2.45) is 5.73 Å². The molecule has 90 valence electrons. The summed E-state index contributed by atoms with van der Waals surface area (Å²) in [7, 11) is 0. The Morgan fingerprint density at radius 2 is 1.88 bits per heavy atom. The Balaban J connectivity index is 2.28. The highest BCUT2D eigenvalue weighted by atomic mass is 16.5. The van der Waals surface area contributed by atoms with Crippen LogP contribution in [0.25, 0.3) is 0 Å². The van der Waals surface area contributed by atoms with Crippen molar-refractivity contribution < 1.29 is 14.9 Å². The van der Waals surface area contributed by atoms with Gasteiger partial charge in [-0.2, -0.15) is 0 Å².